The van der Waals surface area contributed by atoms with Crippen LogP contribution < -0.4 is 20.8 Å². The van der Waals surface area contributed by atoms with E-state index in [0.717, 1.165) is 23.4 Å². The summed E-state index contributed by atoms with van der Waals surface area (Å²) in [6.07, 6.45) is 2.55. The molecule has 2 aromatic rings. The molecule has 1 heterocycles. The summed E-state index contributed by atoms with van der Waals surface area (Å²) >= 11 is 0. The molecule has 1 aliphatic heterocycles. The lowest BCUT2D eigenvalue weighted by Gasteiger charge is -2.28. The van der Waals surface area contributed by atoms with Crippen molar-refractivity contribution < 1.29 is 14.3 Å². The Labute approximate surface area is 170 Å². The average Bonchev–Trinajstić information content (AvgIpc) is 2.77. The summed E-state index contributed by atoms with van der Waals surface area (Å²) in [5.41, 5.74) is 7.89. The lowest BCUT2D eigenvalue weighted by Crippen LogP contribution is -2.42. The van der Waals surface area contributed by atoms with E-state index in [0.29, 0.717) is 19.0 Å². The second-order valence-corrected chi connectivity index (χ2v) is 6.57. The van der Waals surface area contributed by atoms with Crippen molar-refractivity contribution in [3.63, 3.8) is 0 Å². The van der Waals surface area contributed by atoms with Crippen molar-refractivity contribution in [1.82, 2.24) is 5.32 Å². The topological polar surface area (TPSA) is 89.2 Å². The maximum Gasteiger partial charge on any atom is 0.235 e. The van der Waals surface area contributed by atoms with Crippen LogP contribution in [-0.2, 0) is 16.1 Å². The minimum Gasteiger partial charge on any atom is -0.497 e. The molecule has 1 atom stereocenters. The maximum atomic E-state index is 12.8. The molecule has 7 heteroatoms. The van der Waals surface area contributed by atoms with Crippen LogP contribution in [0.3, 0.4) is 0 Å². The van der Waals surface area contributed by atoms with Crippen molar-refractivity contribution in [2.75, 3.05) is 18.7 Å². The largest absolute Gasteiger partial charge is 0.497 e. The second-order valence-electron chi connectivity index (χ2n) is 6.57. The van der Waals surface area contributed by atoms with E-state index >= 15 is 0 Å². The molecule has 3 rings (SSSR count). The van der Waals surface area contributed by atoms with Gasteiger partial charge in [-0.25, -0.2) is 0 Å². The van der Waals surface area contributed by atoms with E-state index < -0.39 is 5.92 Å². The lowest BCUT2D eigenvalue weighted by molar-refractivity contribution is -0.122. The molecule has 1 aliphatic rings. The van der Waals surface area contributed by atoms with Gasteiger partial charge >= 0.3 is 0 Å². The third-order valence-electron chi connectivity index (χ3n) is 4.39. The summed E-state index contributed by atoms with van der Waals surface area (Å²) < 4.78 is 11.1. The highest BCUT2D eigenvalue weighted by Crippen LogP contribution is 2.25. The first-order valence-electron chi connectivity index (χ1n) is 9.56. The highest BCUT2D eigenvalue weighted by atomic mass is 16.5. The molecule has 0 fully saturated rings. The molecule has 29 heavy (non-hydrogen) atoms. The zero-order valence-corrected chi connectivity index (χ0v) is 16.7. The quantitative estimate of drug-likeness (QED) is 0.718. The molecule has 0 aliphatic carbocycles. The van der Waals surface area contributed by atoms with Crippen LogP contribution in [0, 0.1) is 5.92 Å². The van der Waals surface area contributed by atoms with Gasteiger partial charge in [-0.2, -0.15) is 10.1 Å². The normalized spacial score (nSPS) is 15.9. The predicted octanol–water partition coefficient (Wildman–Crippen LogP) is 2.99. The molecule has 1 amide bonds. The van der Waals surface area contributed by atoms with Crippen LogP contribution in [0.25, 0.3) is 0 Å². The molecule has 152 valence electrons. The van der Waals surface area contributed by atoms with Gasteiger partial charge in [-0.3, -0.25) is 4.79 Å². The number of carbonyl (C=O) groups excluding carboxylic acids is 1. The zero-order valence-electron chi connectivity index (χ0n) is 16.7. The first kappa shape index (κ1) is 20.3. The Kier molecular flexibility index (Phi) is 6.73. The van der Waals surface area contributed by atoms with Crippen molar-refractivity contribution in [2.24, 2.45) is 16.8 Å². The summed E-state index contributed by atoms with van der Waals surface area (Å²) in [6, 6.07) is 17.1. The lowest BCUT2D eigenvalue weighted by atomic mass is 10.1. The van der Waals surface area contributed by atoms with Crippen LogP contribution in [0.4, 0.5) is 5.69 Å². The first-order valence-corrected chi connectivity index (χ1v) is 9.56. The van der Waals surface area contributed by atoms with E-state index in [9.17, 15) is 4.79 Å². The summed E-state index contributed by atoms with van der Waals surface area (Å²) in [7, 11) is 1.61. The summed E-state index contributed by atoms with van der Waals surface area (Å²) in [5, 5.41) is 8.95. The third-order valence-corrected chi connectivity index (χ3v) is 4.39. The van der Waals surface area contributed by atoms with Gasteiger partial charge in [-0.1, -0.05) is 37.3 Å². The molecule has 0 aromatic heterocycles. The Hall–Kier alpha value is -3.48. The van der Waals surface area contributed by atoms with Gasteiger partial charge in [-0.05, 0) is 42.3 Å². The highest BCUT2D eigenvalue weighted by Gasteiger charge is 2.29. The van der Waals surface area contributed by atoms with Gasteiger partial charge < -0.3 is 20.5 Å². The fraction of sp³-hybridized carbons (Fsp3) is 0.273. The first-order chi connectivity index (χ1) is 14.1. The molecule has 3 N–H and O–H groups in total. The van der Waals surface area contributed by atoms with Crippen molar-refractivity contribution in [3.05, 3.63) is 72.1 Å². The van der Waals surface area contributed by atoms with Gasteiger partial charge in [0.2, 0.25) is 11.8 Å². The van der Waals surface area contributed by atoms with Crippen LogP contribution >= 0.6 is 0 Å². The van der Waals surface area contributed by atoms with Crippen molar-refractivity contribution in [1.29, 1.82) is 0 Å². The number of anilines is 1. The monoisotopic (exact) mass is 394 g/mol. The summed E-state index contributed by atoms with van der Waals surface area (Å²) in [6.45, 7) is 2.90. The molecule has 0 radical (unpaired) electrons. The molecule has 0 saturated heterocycles. The highest BCUT2D eigenvalue weighted by molar-refractivity contribution is 6.05. The number of nitrogens with one attached hydrogen (secondary N) is 1. The van der Waals surface area contributed by atoms with Gasteiger partial charge in [-0.15, -0.1) is 0 Å². The van der Waals surface area contributed by atoms with E-state index in [4.69, 9.17) is 15.2 Å². The van der Waals surface area contributed by atoms with Crippen molar-refractivity contribution in [2.45, 2.75) is 19.9 Å². The van der Waals surface area contributed by atoms with Gasteiger partial charge in [0.15, 0.2) is 0 Å². The number of hydrazone groups is 1. The van der Waals surface area contributed by atoms with Gasteiger partial charge in [0, 0.05) is 6.54 Å². The number of rotatable bonds is 8. The molecular formula is C22H26N4O3. The number of amidine groups is 1. The summed E-state index contributed by atoms with van der Waals surface area (Å²) in [5.74, 6) is 0.505. The maximum absolute atomic E-state index is 12.8. The van der Waals surface area contributed by atoms with Gasteiger partial charge in [0.1, 0.15) is 17.5 Å². The average molecular weight is 394 g/mol. The number of nitrogens with zero attached hydrogens (tertiary/aromatic N) is 2. The van der Waals surface area contributed by atoms with Crippen LogP contribution in [0.15, 0.2) is 71.7 Å². The molecule has 0 spiro atoms. The summed E-state index contributed by atoms with van der Waals surface area (Å²) in [4.78, 5) is 12.8. The van der Waals surface area contributed by atoms with E-state index in [2.05, 4.69) is 10.4 Å². The van der Waals surface area contributed by atoms with E-state index in [-0.39, 0.29) is 11.7 Å². The smallest absolute Gasteiger partial charge is 0.235 e. The standard InChI is InChI=1S/C22H26N4O3/c1-3-12-29-20-14-19(21(23)25-26(20)17-9-5-4-6-10-17)22(27)24-15-16-8-7-11-18(13-16)28-2/h4-11,13-14,19H,3,12,15H2,1-2H3,(H2,23,25)(H,24,27). The number of benzene rings is 2. The van der Waals surface area contributed by atoms with Crippen LogP contribution in [0.5, 0.6) is 5.75 Å². The van der Waals surface area contributed by atoms with Crippen LogP contribution in [0.2, 0.25) is 0 Å². The van der Waals surface area contributed by atoms with Crippen LogP contribution in [-0.4, -0.2) is 25.5 Å². The predicted molar refractivity (Wildman–Crippen MR) is 113 cm³/mol. The Morgan fingerprint density at radius 1 is 1.21 bits per heavy atom. The minimum absolute atomic E-state index is 0.209. The molecule has 1 unspecified atom stereocenters. The molecule has 0 bridgehead atoms. The number of carbonyl (C=O) groups is 1. The van der Waals surface area contributed by atoms with Crippen molar-refractivity contribution >= 4 is 17.4 Å². The fourth-order valence-corrected chi connectivity index (χ4v) is 2.89. The number of hydrogen-bond acceptors (Lipinski definition) is 6. The second kappa shape index (κ2) is 9.64. The minimum atomic E-state index is -0.701. The Balaban J connectivity index is 1.75. The molecular weight excluding hydrogens is 368 g/mol. The van der Waals surface area contributed by atoms with Gasteiger partial charge in [0.25, 0.3) is 0 Å². The van der Waals surface area contributed by atoms with E-state index in [1.54, 1.807) is 18.2 Å². The Morgan fingerprint density at radius 2 is 2.00 bits per heavy atom. The van der Waals surface area contributed by atoms with Gasteiger partial charge in [0.05, 0.1) is 19.4 Å². The van der Waals surface area contributed by atoms with Crippen molar-refractivity contribution in [3.8, 4) is 5.75 Å². The third kappa shape index (κ3) is 5.07. The SMILES string of the molecule is CCCOC1=CC(C(=O)NCc2cccc(OC)c2)C(N)=NN1c1ccccc1. The molecule has 7 nitrogen and oxygen atoms in total. The number of amides is 1. The number of nitrogens with two attached hydrogens (primary N) is 1. The number of ether oxygens (including phenoxy) is 2. The Morgan fingerprint density at radius 3 is 2.72 bits per heavy atom. The Bertz CT molecular complexity index is 896. The number of hydrogen-bond donors (Lipinski definition) is 2. The van der Waals surface area contributed by atoms with E-state index in [1.165, 1.54) is 0 Å². The van der Waals surface area contributed by atoms with E-state index in [1.807, 2.05) is 61.5 Å². The zero-order chi connectivity index (χ0) is 20.6. The van der Waals surface area contributed by atoms with Crippen LogP contribution in [0.1, 0.15) is 18.9 Å². The molecule has 2 aromatic carbocycles. The molecule has 0 saturated carbocycles. The number of methoxy groups -OCH3 is 1. The fourth-order valence-electron chi connectivity index (χ4n) is 2.89. The number of para-hydroxylation sites is 1.